The Labute approximate surface area is 72.8 Å². The van der Waals surface area contributed by atoms with Crippen LogP contribution >= 0.6 is 0 Å². The number of ether oxygens (including phenoxy) is 1. The predicted molar refractivity (Wildman–Crippen MR) is 47.6 cm³/mol. The van der Waals surface area contributed by atoms with Gasteiger partial charge in [-0.05, 0) is 20.8 Å². The van der Waals surface area contributed by atoms with Gasteiger partial charge in [0.15, 0.2) is 0 Å². The Morgan fingerprint density at radius 3 is 2.42 bits per heavy atom. The lowest BCUT2D eigenvalue weighted by Crippen LogP contribution is -2.34. The molecule has 12 heavy (non-hydrogen) atoms. The van der Waals surface area contributed by atoms with Gasteiger partial charge in [-0.25, -0.2) is 4.79 Å². The van der Waals surface area contributed by atoms with Crippen LogP contribution in [0.4, 0.5) is 4.79 Å². The van der Waals surface area contributed by atoms with Crippen molar-refractivity contribution in [3.63, 3.8) is 0 Å². The highest BCUT2D eigenvalue weighted by molar-refractivity contribution is 5.67. The standard InChI is InChI=1S/C8H16N2O2/c1-6(9)5-10-7(11)12-8(2,3)4/h1,5,9H2,2-4H3,(H,10,11). The Hall–Kier alpha value is -1.19. The molecule has 0 fully saturated rings. The van der Waals surface area contributed by atoms with Crippen molar-refractivity contribution in [1.29, 1.82) is 0 Å². The number of rotatable bonds is 2. The van der Waals surface area contributed by atoms with Crippen molar-refractivity contribution >= 4 is 6.09 Å². The van der Waals surface area contributed by atoms with Crippen molar-refractivity contribution < 1.29 is 9.53 Å². The number of hydrogen-bond donors (Lipinski definition) is 2. The van der Waals surface area contributed by atoms with E-state index in [2.05, 4.69) is 11.9 Å². The summed E-state index contributed by atoms with van der Waals surface area (Å²) in [4.78, 5) is 10.9. The van der Waals surface area contributed by atoms with Crippen molar-refractivity contribution in [2.75, 3.05) is 6.54 Å². The zero-order valence-electron chi connectivity index (χ0n) is 7.81. The first-order valence-electron chi connectivity index (χ1n) is 3.71. The van der Waals surface area contributed by atoms with E-state index >= 15 is 0 Å². The molecule has 0 rings (SSSR count). The highest BCUT2D eigenvalue weighted by Gasteiger charge is 2.15. The maximum absolute atomic E-state index is 10.9. The fourth-order valence-corrected chi connectivity index (χ4v) is 0.500. The molecule has 0 atom stereocenters. The van der Waals surface area contributed by atoms with E-state index in [4.69, 9.17) is 10.5 Å². The Kier molecular flexibility index (Phi) is 3.60. The fourth-order valence-electron chi connectivity index (χ4n) is 0.500. The van der Waals surface area contributed by atoms with Crippen LogP contribution in [0.15, 0.2) is 12.3 Å². The molecule has 0 aromatic heterocycles. The first-order valence-corrected chi connectivity index (χ1v) is 3.71. The molecule has 0 aliphatic rings. The molecular weight excluding hydrogens is 156 g/mol. The maximum Gasteiger partial charge on any atom is 0.407 e. The number of alkyl carbamates (subject to hydrolysis) is 1. The first kappa shape index (κ1) is 10.8. The SMILES string of the molecule is C=C(N)CNC(=O)OC(C)(C)C. The van der Waals surface area contributed by atoms with Crippen LogP contribution in [0, 0.1) is 0 Å². The molecular formula is C8H16N2O2. The minimum absolute atomic E-state index is 0.245. The molecule has 0 saturated heterocycles. The Bertz CT molecular complexity index is 182. The fraction of sp³-hybridized carbons (Fsp3) is 0.625. The summed E-state index contributed by atoms with van der Waals surface area (Å²) < 4.78 is 4.94. The molecule has 0 spiro atoms. The van der Waals surface area contributed by atoms with Crippen LogP contribution in [-0.2, 0) is 4.74 Å². The summed E-state index contributed by atoms with van der Waals surface area (Å²) in [5, 5.41) is 2.45. The quantitative estimate of drug-likeness (QED) is 0.652. The number of nitrogens with two attached hydrogens (primary N) is 1. The molecule has 0 heterocycles. The van der Waals surface area contributed by atoms with Gasteiger partial charge in [0.25, 0.3) is 0 Å². The van der Waals surface area contributed by atoms with Gasteiger partial charge < -0.3 is 15.8 Å². The van der Waals surface area contributed by atoms with Gasteiger partial charge in [0.1, 0.15) is 5.60 Å². The number of carbonyl (C=O) groups excluding carboxylic acids is 1. The van der Waals surface area contributed by atoms with Crippen molar-refractivity contribution in [2.24, 2.45) is 5.73 Å². The van der Waals surface area contributed by atoms with E-state index in [1.807, 2.05) is 0 Å². The second kappa shape index (κ2) is 3.99. The van der Waals surface area contributed by atoms with Crippen molar-refractivity contribution in [1.82, 2.24) is 5.32 Å². The summed E-state index contributed by atoms with van der Waals surface area (Å²) in [7, 11) is 0. The Morgan fingerprint density at radius 1 is 1.58 bits per heavy atom. The largest absolute Gasteiger partial charge is 0.444 e. The predicted octanol–water partition coefficient (Wildman–Crippen LogP) is 0.983. The van der Waals surface area contributed by atoms with Gasteiger partial charge in [-0.3, -0.25) is 0 Å². The number of hydrogen-bond acceptors (Lipinski definition) is 3. The summed E-state index contributed by atoms with van der Waals surface area (Å²) in [5.74, 6) is 0. The van der Waals surface area contributed by atoms with E-state index in [0.29, 0.717) is 5.70 Å². The third kappa shape index (κ3) is 6.92. The highest BCUT2D eigenvalue weighted by atomic mass is 16.6. The maximum atomic E-state index is 10.9. The zero-order chi connectivity index (χ0) is 9.78. The third-order valence-electron chi connectivity index (χ3n) is 0.859. The minimum atomic E-state index is -0.478. The van der Waals surface area contributed by atoms with Crippen LogP contribution in [-0.4, -0.2) is 18.2 Å². The smallest absolute Gasteiger partial charge is 0.407 e. The monoisotopic (exact) mass is 172 g/mol. The zero-order valence-corrected chi connectivity index (χ0v) is 7.81. The van der Waals surface area contributed by atoms with E-state index in [0.717, 1.165) is 0 Å². The van der Waals surface area contributed by atoms with Gasteiger partial charge in [-0.2, -0.15) is 0 Å². The van der Waals surface area contributed by atoms with E-state index in [9.17, 15) is 4.79 Å². The Balaban J connectivity index is 3.68. The van der Waals surface area contributed by atoms with Crippen molar-refractivity contribution in [3.05, 3.63) is 12.3 Å². The summed E-state index contributed by atoms with van der Waals surface area (Å²) in [6, 6.07) is 0. The molecule has 3 N–H and O–H groups in total. The van der Waals surface area contributed by atoms with Crippen molar-refractivity contribution in [2.45, 2.75) is 26.4 Å². The molecule has 0 aliphatic carbocycles. The first-order chi connectivity index (χ1) is 5.31. The van der Waals surface area contributed by atoms with Crippen LogP contribution in [0.1, 0.15) is 20.8 Å². The average Bonchev–Trinajstić information content (AvgIpc) is 1.79. The van der Waals surface area contributed by atoms with Crippen molar-refractivity contribution in [3.8, 4) is 0 Å². The number of nitrogens with one attached hydrogen (secondary N) is 1. The normalized spacial score (nSPS) is 10.6. The van der Waals surface area contributed by atoms with E-state index in [1.54, 1.807) is 20.8 Å². The van der Waals surface area contributed by atoms with Gasteiger partial charge in [-0.15, -0.1) is 0 Å². The lowest BCUT2D eigenvalue weighted by Gasteiger charge is -2.19. The molecule has 0 radical (unpaired) electrons. The molecule has 0 unspecified atom stereocenters. The second-order valence-corrected chi connectivity index (χ2v) is 3.51. The molecule has 0 saturated carbocycles. The molecule has 0 bridgehead atoms. The van der Waals surface area contributed by atoms with Crippen LogP contribution in [0.5, 0.6) is 0 Å². The Morgan fingerprint density at radius 2 is 2.08 bits per heavy atom. The molecule has 4 heteroatoms. The molecule has 70 valence electrons. The third-order valence-corrected chi connectivity index (χ3v) is 0.859. The lowest BCUT2D eigenvalue weighted by atomic mass is 10.2. The molecule has 0 aromatic rings. The molecule has 4 nitrogen and oxygen atoms in total. The summed E-state index contributed by atoms with van der Waals surface area (Å²) in [5.41, 5.74) is 5.17. The lowest BCUT2D eigenvalue weighted by molar-refractivity contribution is 0.0532. The van der Waals surface area contributed by atoms with E-state index in [-0.39, 0.29) is 6.54 Å². The number of carbonyl (C=O) groups is 1. The second-order valence-electron chi connectivity index (χ2n) is 3.51. The molecule has 1 amide bonds. The molecule has 0 aliphatic heterocycles. The van der Waals surface area contributed by atoms with Gasteiger partial charge in [0.05, 0.1) is 6.54 Å². The number of amides is 1. The highest BCUT2D eigenvalue weighted by Crippen LogP contribution is 2.06. The van der Waals surface area contributed by atoms with E-state index in [1.165, 1.54) is 0 Å². The van der Waals surface area contributed by atoms with Crippen LogP contribution in [0.2, 0.25) is 0 Å². The van der Waals surface area contributed by atoms with Gasteiger partial charge in [-0.1, -0.05) is 6.58 Å². The minimum Gasteiger partial charge on any atom is -0.444 e. The summed E-state index contributed by atoms with van der Waals surface area (Å²) in [6.45, 7) is 9.06. The van der Waals surface area contributed by atoms with Gasteiger partial charge in [0, 0.05) is 5.70 Å². The van der Waals surface area contributed by atoms with Gasteiger partial charge in [0.2, 0.25) is 0 Å². The van der Waals surface area contributed by atoms with Crippen LogP contribution < -0.4 is 11.1 Å². The summed E-state index contributed by atoms with van der Waals surface area (Å²) in [6.07, 6.45) is -0.478. The van der Waals surface area contributed by atoms with Gasteiger partial charge >= 0.3 is 6.09 Å². The van der Waals surface area contributed by atoms with Crippen LogP contribution in [0.25, 0.3) is 0 Å². The summed E-state index contributed by atoms with van der Waals surface area (Å²) >= 11 is 0. The topological polar surface area (TPSA) is 64.3 Å². The van der Waals surface area contributed by atoms with E-state index < -0.39 is 11.7 Å². The molecule has 0 aromatic carbocycles. The van der Waals surface area contributed by atoms with Crippen LogP contribution in [0.3, 0.4) is 0 Å². The average molecular weight is 172 g/mol.